The maximum Gasteiger partial charge on any atom is 0.420 e. The summed E-state index contributed by atoms with van der Waals surface area (Å²) in [6, 6.07) is 19.3. The van der Waals surface area contributed by atoms with Gasteiger partial charge in [0.1, 0.15) is 37.8 Å². The summed E-state index contributed by atoms with van der Waals surface area (Å²) >= 11 is 0. The molecule has 0 N–H and O–H groups in total. The van der Waals surface area contributed by atoms with Crippen LogP contribution in [0.2, 0.25) is 19.6 Å². The number of hydrogen-bond donors (Lipinski definition) is 0. The van der Waals surface area contributed by atoms with Crippen LogP contribution in [0.5, 0.6) is 11.5 Å². The number of allylic oxidation sites excluding steroid dienone is 2. The molecule has 1 saturated heterocycles. The molecule has 2 aliphatic heterocycles. The number of benzene rings is 3. The van der Waals surface area contributed by atoms with Gasteiger partial charge in [0.15, 0.2) is 11.4 Å². The predicted molar refractivity (Wildman–Crippen MR) is 175 cm³/mol. The highest BCUT2D eigenvalue weighted by molar-refractivity contribution is 6.83. The zero-order valence-electron chi connectivity index (χ0n) is 25.7. The number of para-hydroxylation sites is 2. The Morgan fingerprint density at radius 3 is 2.57 bits per heavy atom. The molecule has 2 fully saturated rings. The average Bonchev–Trinajstić information content (AvgIpc) is 3.75. The summed E-state index contributed by atoms with van der Waals surface area (Å²) in [4.78, 5) is 40.2. The Hall–Kier alpha value is -5.16. The van der Waals surface area contributed by atoms with Gasteiger partial charge in [-0.2, -0.15) is 0 Å². The summed E-state index contributed by atoms with van der Waals surface area (Å²) in [5.74, 6) is 9.95. The number of fused-ring (bicyclic) bond motifs is 1. The average molecular weight is 633 g/mol. The number of rotatable bonds is 5. The van der Waals surface area contributed by atoms with Crippen molar-refractivity contribution < 1.29 is 28.7 Å². The molecule has 2 heterocycles. The number of anilines is 1. The van der Waals surface area contributed by atoms with E-state index in [0.29, 0.717) is 47.6 Å². The minimum atomic E-state index is -1.56. The second-order valence-electron chi connectivity index (χ2n) is 12.4. The molecule has 46 heavy (non-hydrogen) atoms. The molecule has 1 aliphatic carbocycles. The fourth-order valence-electron chi connectivity index (χ4n) is 6.18. The van der Waals surface area contributed by atoms with Crippen molar-refractivity contribution in [3.63, 3.8) is 0 Å². The summed E-state index contributed by atoms with van der Waals surface area (Å²) in [5, 5.41) is 11.5. The number of epoxide rings is 1. The van der Waals surface area contributed by atoms with Crippen LogP contribution in [0.15, 0.2) is 84.9 Å². The molecular weight excluding hydrogens is 600 g/mol. The SMILES string of the molecule is C[Si](C)(C)C#CC=CC#CC1N(C(=O)Oc2ccccc2)c2ccc(OCc3ccccc3[N+](=O)[O-])cc2C23OC12CCCC3=O. The van der Waals surface area contributed by atoms with E-state index in [1.54, 1.807) is 72.8 Å². The van der Waals surface area contributed by atoms with E-state index in [1.165, 1.54) is 11.0 Å². The number of amides is 1. The second kappa shape index (κ2) is 12.0. The van der Waals surface area contributed by atoms with Crippen LogP contribution in [0.3, 0.4) is 0 Å². The van der Waals surface area contributed by atoms with Gasteiger partial charge in [-0.3, -0.25) is 19.8 Å². The van der Waals surface area contributed by atoms with E-state index in [4.69, 9.17) is 14.2 Å². The fourth-order valence-corrected chi connectivity index (χ4v) is 6.70. The second-order valence-corrected chi connectivity index (χ2v) is 17.1. The zero-order chi connectivity index (χ0) is 32.5. The summed E-state index contributed by atoms with van der Waals surface area (Å²) in [7, 11) is -1.56. The lowest BCUT2D eigenvalue weighted by molar-refractivity contribution is -0.385. The normalized spacial score (nSPS) is 22.6. The molecule has 3 aromatic rings. The minimum Gasteiger partial charge on any atom is -0.489 e. The quantitative estimate of drug-likeness (QED) is 0.101. The van der Waals surface area contributed by atoms with Crippen molar-refractivity contribution in [2.75, 3.05) is 4.90 Å². The largest absolute Gasteiger partial charge is 0.489 e. The van der Waals surface area contributed by atoms with Crippen molar-refractivity contribution in [3.8, 4) is 34.8 Å². The lowest BCUT2D eigenvalue weighted by atomic mass is 9.68. The highest BCUT2D eigenvalue weighted by Crippen LogP contribution is 2.69. The van der Waals surface area contributed by atoms with Gasteiger partial charge in [-0.05, 0) is 61.4 Å². The van der Waals surface area contributed by atoms with E-state index in [-0.39, 0.29) is 18.1 Å². The molecule has 1 saturated carbocycles. The number of carbonyl (C=O) groups excluding carboxylic acids is 2. The molecule has 10 heteroatoms. The number of Topliss-reactive ketones (excluding diaryl/α,β-unsaturated/α-hetero) is 1. The first-order valence-electron chi connectivity index (χ1n) is 15.0. The Labute approximate surface area is 268 Å². The number of carbonyl (C=O) groups is 2. The highest BCUT2D eigenvalue weighted by atomic mass is 28.3. The topological polar surface area (TPSA) is 112 Å². The van der Waals surface area contributed by atoms with E-state index in [2.05, 4.69) is 42.9 Å². The van der Waals surface area contributed by atoms with Crippen LogP contribution in [0.25, 0.3) is 0 Å². The Bertz CT molecular complexity index is 1880. The van der Waals surface area contributed by atoms with Gasteiger partial charge < -0.3 is 14.2 Å². The van der Waals surface area contributed by atoms with E-state index >= 15 is 0 Å². The maximum atomic E-state index is 14.0. The maximum absolute atomic E-state index is 14.0. The van der Waals surface area contributed by atoms with Gasteiger partial charge in [0, 0.05) is 18.1 Å². The van der Waals surface area contributed by atoms with E-state index in [1.807, 2.05) is 6.07 Å². The van der Waals surface area contributed by atoms with Crippen molar-refractivity contribution in [1.29, 1.82) is 0 Å². The van der Waals surface area contributed by atoms with Crippen molar-refractivity contribution in [3.05, 3.63) is 106 Å². The molecule has 232 valence electrons. The van der Waals surface area contributed by atoms with Gasteiger partial charge in [-0.15, -0.1) is 5.54 Å². The third kappa shape index (κ3) is 5.58. The first-order valence-corrected chi connectivity index (χ1v) is 18.5. The Morgan fingerprint density at radius 2 is 1.80 bits per heavy atom. The molecular formula is C36H32N2O7Si. The van der Waals surface area contributed by atoms with Crippen LogP contribution in [-0.4, -0.2) is 36.5 Å². The lowest BCUT2D eigenvalue weighted by Crippen LogP contribution is -2.58. The highest BCUT2D eigenvalue weighted by Gasteiger charge is 2.82. The number of nitro groups is 1. The molecule has 9 nitrogen and oxygen atoms in total. The number of nitrogens with zero attached hydrogens (tertiary/aromatic N) is 2. The van der Waals surface area contributed by atoms with Crippen LogP contribution in [0, 0.1) is 33.4 Å². The van der Waals surface area contributed by atoms with Crippen molar-refractivity contribution >= 4 is 31.3 Å². The van der Waals surface area contributed by atoms with E-state index in [0.717, 1.165) is 0 Å². The third-order valence-corrected chi connectivity index (χ3v) is 9.08. The summed E-state index contributed by atoms with van der Waals surface area (Å²) in [5.41, 5.74) is 2.14. The number of ketones is 1. The third-order valence-electron chi connectivity index (χ3n) is 8.19. The first-order chi connectivity index (χ1) is 22.1. The first kappa shape index (κ1) is 30.8. The molecule has 0 bridgehead atoms. The zero-order valence-corrected chi connectivity index (χ0v) is 26.7. The Morgan fingerprint density at radius 1 is 1.07 bits per heavy atom. The van der Waals surface area contributed by atoms with Crippen molar-refractivity contribution in [2.45, 2.75) is 62.8 Å². The van der Waals surface area contributed by atoms with Crippen molar-refractivity contribution in [2.24, 2.45) is 0 Å². The van der Waals surface area contributed by atoms with Crippen LogP contribution >= 0.6 is 0 Å². The number of hydrogen-bond acceptors (Lipinski definition) is 7. The molecule has 0 aromatic heterocycles. The van der Waals surface area contributed by atoms with Crippen molar-refractivity contribution in [1.82, 2.24) is 0 Å². The van der Waals surface area contributed by atoms with Crippen LogP contribution in [0.1, 0.15) is 30.4 Å². The molecule has 3 unspecified atom stereocenters. The van der Waals surface area contributed by atoms with Gasteiger partial charge in [0.2, 0.25) is 0 Å². The molecule has 3 aromatic carbocycles. The lowest BCUT2D eigenvalue weighted by Gasteiger charge is -2.40. The summed E-state index contributed by atoms with van der Waals surface area (Å²) in [6.07, 6.45) is 4.09. The Balaban J connectivity index is 1.41. The van der Waals surface area contributed by atoms with Gasteiger partial charge >= 0.3 is 6.09 Å². The Kier molecular flexibility index (Phi) is 8.03. The smallest absolute Gasteiger partial charge is 0.420 e. The van der Waals surface area contributed by atoms with Gasteiger partial charge in [0.05, 0.1) is 16.2 Å². The van der Waals surface area contributed by atoms with Crippen LogP contribution in [-0.2, 0) is 21.7 Å². The summed E-state index contributed by atoms with van der Waals surface area (Å²) < 4.78 is 18.3. The molecule has 3 atom stereocenters. The van der Waals surface area contributed by atoms with Gasteiger partial charge in [-0.1, -0.05) is 67.7 Å². The standard InChI is InChI=1S/C36H32N2O7Si/c1-46(2,3)23-12-5-4-9-18-32-35-22-13-19-33(39)36(35,45-35)29-24-28(43-25-26-14-10-11-17-30(26)38(41)42)20-21-31(29)37(32)34(40)44-27-15-7-6-8-16-27/h4-8,10-11,14-17,20-21,24,32H,13,19,22,25H2,1-3H3. The predicted octanol–water partition coefficient (Wildman–Crippen LogP) is 6.72. The van der Waals surface area contributed by atoms with Crippen LogP contribution < -0.4 is 14.4 Å². The summed E-state index contributed by atoms with van der Waals surface area (Å²) in [6.45, 7) is 6.39. The minimum absolute atomic E-state index is 0.0529. The van der Waals surface area contributed by atoms with Gasteiger partial charge in [-0.25, -0.2) is 4.79 Å². The monoisotopic (exact) mass is 632 g/mol. The molecule has 0 radical (unpaired) electrons. The van der Waals surface area contributed by atoms with Gasteiger partial charge in [0.25, 0.3) is 5.69 Å². The number of ether oxygens (including phenoxy) is 3. The fraction of sp³-hybridized carbons (Fsp3) is 0.278. The van der Waals surface area contributed by atoms with E-state index in [9.17, 15) is 19.7 Å². The van der Waals surface area contributed by atoms with E-state index < -0.39 is 36.3 Å². The molecule has 1 amide bonds. The van der Waals surface area contributed by atoms with Crippen LogP contribution in [0.4, 0.5) is 16.2 Å². The number of nitro benzene ring substituents is 1. The molecule has 3 aliphatic rings. The molecule has 6 rings (SSSR count). The molecule has 0 spiro atoms.